The van der Waals surface area contributed by atoms with E-state index in [0.717, 1.165) is 3.57 Å². The number of benzene rings is 2. The number of carboxylic acids is 1. The van der Waals surface area contributed by atoms with Gasteiger partial charge in [-0.2, -0.15) is 0 Å². The molecule has 2 rings (SSSR count). The summed E-state index contributed by atoms with van der Waals surface area (Å²) in [6, 6.07) is 11.3. The maximum atomic E-state index is 11.9. The molecular weight excluding hydrogens is 475 g/mol. The van der Waals surface area contributed by atoms with Crippen molar-refractivity contribution < 1.29 is 24.2 Å². The molecule has 0 spiro atoms. The van der Waals surface area contributed by atoms with Crippen LogP contribution in [0.15, 0.2) is 42.5 Å². The molecule has 7 nitrogen and oxygen atoms in total. The highest BCUT2D eigenvalue weighted by atomic mass is 127. The Labute approximate surface area is 167 Å². The molecule has 3 N–H and O–H groups in total. The van der Waals surface area contributed by atoms with E-state index in [1.807, 2.05) is 6.07 Å². The second-order valence-electron chi connectivity index (χ2n) is 5.09. The molecule has 0 aromatic heterocycles. The molecule has 0 saturated heterocycles. The number of hydrogen-bond donors (Lipinski definition) is 3. The lowest BCUT2D eigenvalue weighted by atomic mass is 10.2. The summed E-state index contributed by atoms with van der Waals surface area (Å²) in [6.45, 7) is -0.716. The minimum Gasteiger partial charge on any atom is -0.478 e. The molecule has 2 aromatic rings. The normalized spacial score (nSPS) is 10.2. The van der Waals surface area contributed by atoms with Crippen LogP contribution in [0.4, 0.5) is 11.4 Å². The quantitative estimate of drug-likeness (QED) is 0.519. The van der Waals surface area contributed by atoms with Crippen LogP contribution in [0.5, 0.6) is 0 Å². The van der Waals surface area contributed by atoms with Gasteiger partial charge in [0, 0.05) is 14.3 Å². The van der Waals surface area contributed by atoms with Crippen molar-refractivity contribution in [1.82, 2.24) is 0 Å². The summed E-state index contributed by atoms with van der Waals surface area (Å²) in [4.78, 5) is 34.8. The van der Waals surface area contributed by atoms with Gasteiger partial charge in [0.05, 0.1) is 11.3 Å². The molecule has 0 aliphatic heterocycles. The standard InChI is InChI=1S/C17H14ClIN2O5/c18-10-4-5-14(13(6-10)17(24)25)21-16(23)9-26-8-15(22)20-12-3-1-2-11(19)7-12/h1-7H,8-9H2,(H,20,22)(H,21,23)(H,24,25). The Balaban J connectivity index is 1.82. The van der Waals surface area contributed by atoms with Gasteiger partial charge in [0.1, 0.15) is 13.2 Å². The van der Waals surface area contributed by atoms with E-state index in [1.54, 1.807) is 18.2 Å². The number of amides is 2. The van der Waals surface area contributed by atoms with E-state index in [0.29, 0.717) is 5.69 Å². The third kappa shape index (κ3) is 6.28. The number of anilines is 2. The lowest BCUT2D eigenvalue weighted by Crippen LogP contribution is -2.24. The Hall–Kier alpha value is -2.17. The van der Waals surface area contributed by atoms with Crippen LogP contribution in [0.1, 0.15) is 10.4 Å². The first-order valence-electron chi connectivity index (χ1n) is 7.31. The minimum atomic E-state index is -1.22. The fourth-order valence-electron chi connectivity index (χ4n) is 1.99. The average molecular weight is 489 g/mol. The monoisotopic (exact) mass is 488 g/mol. The summed E-state index contributed by atoms with van der Waals surface area (Å²) < 4.78 is 6.03. The van der Waals surface area contributed by atoms with Crippen molar-refractivity contribution in [3.05, 3.63) is 56.6 Å². The van der Waals surface area contributed by atoms with Gasteiger partial charge >= 0.3 is 5.97 Å². The highest BCUT2D eigenvalue weighted by Gasteiger charge is 2.13. The second-order valence-corrected chi connectivity index (χ2v) is 6.78. The number of rotatable bonds is 7. The van der Waals surface area contributed by atoms with E-state index in [-0.39, 0.29) is 22.9 Å². The minimum absolute atomic E-state index is 0.0961. The largest absolute Gasteiger partial charge is 0.478 e. The number of nitrogens with one attached hydrogen (secondary N) is 2. The van der Waals surface area contributed by atoms with Crippen LogP contribution in [0, 0.1) is 3.57 Å². The number of ether oxygens (including phenoxy) is 1. The van der Waals surface area contributed by atoms with Crippen LogP contribution in [0.3, 0.4) is 0 Å². The molecule has 0 bridgehead atoms. The van der Waals surface area contributed by atoms with Crippen LogP contribution in [0.25, 0.3) is 0 Å². The third-order valence-electron chi connectivity index (χ3n) is 3.06. The molecule has 26 heavy (non-hydrogen) atoms. The summed E-state index contributed by atoms with van der Waals surface area (Å²) >= 11 is 7.87. The maximum absolute atomic E-state index is 11.9. The van der Waals surface area contributed by atoms with Crippen molar-refractivity contribution >= 4 is 63.4 Å². The number of halogens is 2. The van der Waals surface area contributed by atoms with Gasteiger partial charge in [0.25, 0.3) is 0 Å². The molecule has 0 aliphatic carbocycles. The molecule has 0 fully saturated rings. The molecule has 0 heterocycles. The summed E-state index contributed by atoms with van der Waals surface area (Å²) in [5, 5.41) is 14.4. The van der Waals surface area contributed by atoms with Gasteiger partial charge in [-0.15, -0.1) is 0 Å². The van der Waals surface area contributed by atoms with Crippen molar-refractivity contribution in [2.45, 2.75) is 0 Å². The van der Waals surface area contributed by atoms with Crippen molar-refractivity contribution in [3.63, 3.8) is 0 Å². The van der Waals surface area contributed by atoms with Gasteiger partial charge in [-0.1, -0.05) is 17.7 Å². The Bertz CT molecular complexity index is 844. The first-order chi connectivity index (χ1) is 12.3. The van der Waals surface area contributed by atoms with Crippen molar-refractivity contribution in [2.24, 2.45) is 0 Å². The number of hydrogen-bond acceptors (Lipinski definition) is 4. The van der Waals surface area contributed by atoms with Crippen LogP contribution in [-0.4, -0.2) is 36.1 Å². The molecule has 9 heteroatoms. The first-order valence-corrected chi connectivity index (χ1v) is 8.76. The summed E-state index contributed by atoms with van der Waals surface area (Å²) in [5.41, 5.74) is 0.586. The molecule has 136 valence electrons. The van der Waals surface area contributed by atoms with Gasteiger partial charge in [-0.3, -0.25) is 9.59 Å². The SMILES string of the molecule is O=C(COCC(=O)Nc1ccc(Cl)cc1C(=O)O)Nc1cccc(I)c1. The summed E-state index contributed by atoms with van der Waals surface area (Å²) in [6.07, 6.45) is 0. The van der Waals surface area contributed by atoms with E-state index in [4.69, 9.17) is 21.4 Å². The smallest absolute Gasteiger partial charge is 0.337 e. The lowest BCUT2D eigenvalue weighted by molar-refractivity contribution is -0.125. The average Bonchev–Trinajstić information content (AvgIpc) is 2.56. The molecule has 0 atom stereocenters. The van der Waals surface area contributed by atoms with E-state index in [2.05, 4.69) is 33.2 Å². The van der Waals surface area contributed by atoms with Crippen LogP contribution in [0.2, 0.25) is 5.02 Å². The highest BCUT2D eigenvalue weighted by molar-refractivity contribution is 14.1. The Kier molecular flexibility index (Phi) is 7.37. The van der Waals surface area contributed by atoms with Gasteiger partial charge in [0.15, 0.2) is 0 Å². The van der Waals surface area contributed by atoms with E-state index < -0.39 is 24.4 Å². The first kappa shape index (κ1) is 20.1. The third-order valence-corrected chi connectivity index (χ3v) is 3.97. The topological polar surface area (TPSA) is 105 Å². The molecule has 0 aliphatic rings. The molecule has 0 radical (unpaired) electrons. The van der Waals surface area contributed by atoms with Crippen LogP contribution < -0.4 is 10.6 Å². The van der Waals surface area contributed by atoms with Gasteiger partial charge < -0.3 is 20.5 Å². The fourth-order valence-corrected chi connectivity index (χ4v) is 2.70. The predicted octanol–water partition coefficient (Wildman–Crippen LogP) is 3.24. The van der Waals surface area contributed by atoms with E-state index in [1.165, 1.54) is 18.2 Å². The zero-order chi connectivity index (χ0) is 19.1. The highest BCUT2D eigenvalue weighted by Crippen LogP contribution is 2.20. The van der Waals surface area contributed by atoms with Gasteiger partial charge in [-0.05, 0) is 59.0 Å². The Morgan fingerprint density at radius 1 is 1.04 bits per heavy atom. The van der Waals surface area contributed by atoms with E-state index >= 15 is 0 Å². The van der Waals surface area contributed by atoms with E-state index in [9.17, 15) is 14.4 Å². The molecule has 0 saturated carbocycles. The zero-order valence-electron chi connectivity index (χ0n) is 13.3. The maximum Gasteiger partial charge on any atom is 0.337 e. The lowest BCUT2D eigenvalue weighted by Gasteiger charge is -2.10. The predicted molar refractivity (Wildman–Crippen MR) is 106 cm³/mol. The molecule has 2 aromatic carbocycles. The van der Waals surface area contributed by atoms with Gasteiger partial charge in [-0.25, -0.2) is 4.79 Å². The van der Waals surface area contributed by atoms with Crippen molar-refractivity contribution in [2.75, 3.05) is 23.8 Å². The van der Waals surface area contributed by atoms with Crippen LogP contribution in [-0.2, 0) is 14.3 Å². The number of aromatic carboxylic acids is 1. The molecular formula is C17H14ClIN2O5. The van der Waals surface area contributed by atoms with Crippen molar-refractivity contribution in [1.29, 1.82) is 0 Å². The number of carbonyl (C=O) groups excluding carboxylic acids is 2. The zero-order valence-corrected chi connectivity index (χ0v) is 16.2. The summed E-state index contributed by atoms with van der Waals surface area (Å²) in [5.74, 6) is -2.21. The number of carboxylic acid groups (broad SMARTS) is 1. The molecule has 2 amide bonds. The second kappa shape index (κ2) is 9.51. The fraction of sp³-hybridized carbons (Fsp3) is 0.118. The number of carbonyl (C=O) groups is 3. The summed E-state index contributed by atoms with van der Waals surface area (Å²) in [7, 11) is 0. The van der Waals surface area contributed by atoms with Crippen LogP contribution >= 0.6 is 34.2 Å². The Morgan fingerprint density at radius 2 is 1.73 bits per heavy atom. The van der Waals surface area contributed by atoms with Crippen molar-refractivity contribution in [3.8, 4) is 0 Å². The van der Waals surface area contributed by atoms with Gasteiger partial charge in [0.2, 0.25) is 11.8 Å². The Morgan fingerprint density at radius 3 is 2.38 bits per heavy atom. The molecule has 0 unspecified atom stereocenters.